The Balaban J connectivity index is 0.00000397. The predicted molar refractivity (Wildman–Crippen MR) is 230 cm³/mol. The van der Waals surface area contributed by atoms with Crippen LogP contribution in [0.5, 0.6) is 5.75 Å². The van der Waals surface area contributed by atoms with Crippen LogP contribution in [0.1, 0.15) is 39.3 Å². The van der Waals surface area contributed by atoms with Gasteiger partial charge in [0.15, 0.2) is 21.7 Å². The van der Waals surface area contributed by atoms with Crippen molar-refractivity contribution in [3.05, 3.63) is 122 Å². The van der Waals surface area contributed by atoms with Crippen molar-refractivity contribution >= 4 is 80.5 Å². The van der Waals surface area contributed by atoms with E-state index in [2.05, 4.69) is 46.5 Å². The molecule has 5 aromatic rings. The van der Waals surface area contributed by atoms with Gasteiger partial charge in [-0.25, -0.2) is 14.8 Å². The molecule has 320 valence electrons. The first-order chi connectivity index (χ1) is 30.2. The summed E-state index contributed by atoms with van der Waals surface area (Å²) in [5.41, 5.74) is 7.63. The molecule has 20 nitrogen and oxygen atoms in total. The molecule has 65 heavy (non-hydrogen) atoms. The molecule has 7 rings (SSSR count). The van der Waals surface area contributed by atoms with Gasteiger partial charge in [-0.15, -0.1) is 5.75 Å². The molecule has 0 bridgehead atoms. The zero-order chi connectivity index (χ0) is 44.8. The van der Waals surface area contributed by atoms with Gasteiger partial charge in [0.2, 0.25) is 11.9 Å². The van der Waals surface area contributed by atoms with Crippen LogP contribution in [0.15, 0.2) is 99.1 Å². The van der Waals surface area contributed by atoms with E-state index < -0.39 is 35.4 Å². The van der Waals surface area contributed by atoms with Crippen LogP contribution in [0.2, 0.25) is 0 Å². The first-order valence-electron chi connectivity index (χ1n) is 19.0. The summed E-state index contributed by atoms with van der Waals surface area (Å²) in [4.78, 5) is 88.7. The van der Waals surface area contributed by atoms with Gasteiger partial charge in [0.1, 0.15) is 11.3 Å². The maximum atomic E-state index is 12.9. The van der Waals surface area contributed by atoms with Crippen molar-refractivity contribution < 1.29 is 98.0 Å². The van der Waals surface area contributed by atoms with E-state index in [0.717, 1.165) is 0 Å². The van der Waals surface area contributed by atoms with Gasteiger partial charge < -0.3 is 56.8 Å². The summed E-state index contributed by atoms with van der Waals surface area (Å²) in [6.45, 7) is 0.404. The molecule has 1 unspecified atom stereocenters. The Hall–Kier alpha value is -6.46. The second kappa shape index (κ2) is 22.0. The van der Waals surface area contributed by atoms with Crippen molar-refractivity contribution in [2.75, 3.05) is 29.5 Å². The van der Waals surface area contributed by atoms with E-state index in [9.17, 15) is 44.1 Å². The summed E-state index contributed by atoms with van der Waals surface area (Å²) in [7, 11) is 0. The molecule has 3 aromatic carbocycles. The van der Waals surface area contributed by atoms with Gasteiger partial charge >= 0.3 is 65.1 Å². The van der Waals surface area contributed by atoms with E-state index in [1.807, 2.05) is 0 Å². The third-order valence-corrected chi connectivity index (χ3v) is 9.78. The number of nitrogens with zero attached hydrogens (tertiary/aromatic N) is 3. The predicted octanol–water partition coefficient (Wildman–Crippen LogP) is -4.70. The van der Waals surface area contributed by atoms with Crippen molar-refractivity contribution in [2.45, 2.75) is 25.4 Å². The average molecular weight is 917 g/mol. The van der Waals surface area contributed by atoms with Gasteiger partial charge in [-0.1, -0.05) is 18.2 Å². The molecule has 0 fully saturated rings. The number of anilines is 3. The molecule has 0 spiro atoms. The van der Waals surface area contributed by atoms with Gasteiger partial charge in [-0.2, -0.15) is 4.98 Å². The quantitative estimate of drug-likeness (QED) is 0.0207. The fourth-order valence-corrected chi connectivity index (χ4v) is 6.77. The van der Waals surface area contributed by atoms with E-state index in [0.29, 0.717) is 39.1 Å². The second-order valence-corrected chi connectivity index (χ2v) is 14.3. The van der Waals surface area contributed by atoms with Crippen molar-refractivity contribution in [1.29, 1.82) is 0 Å². The molecule has 1 aliphatic carbocycles. The molecule has 9 N–H and O–H groups in total. The van der Waals surface area contributed by atoms with E-state index in [4.69, 9.17) is 22.4 Å². The molecule has 1 atom stereocenters. The van der Waals surface area contributed by atoms with Crippen LogP contribution in [0, 0.1) is 0 Å². The minimum atomic E-state index is -1.57. The number of fused-ring (bicyclic) bond motifs is 3. The summed E-state index contributed by atoms with van der Waals surface area (Å²) in [6, 6.07) is 17.5. The molecule has 2 aromatic heterocycles. The van der Waals surface area contributed by atoms with Crippen molar-refractivity contribution in [1.82, 2.24) is 35.9 Å². The number of carboxylic acids is 2. The molecule has 0 saturated heterocycles. The smallest absolute Gasteiger partial charge is 0.872 e. The zero-order valence-electron chi connectivity index (χ0n) is 34.6. The number of nitrogen functional groups attached to an aromatic ring is 1. The topological polar surface area (TPSA) is 323 Å². The summed E-state index contributed by atoms with van der Waals surface area (Å²) < 4.78 is 5.83. The number of benzene rings is 4. The van der Waals surface area contributed by atoms with Crippen molar-refractivity contribution in [3.63, 3.8) is 0 Å². The van der Waals surface area contributed by atoms with Gasteiger partial charge in [-0.3, -0.25) is 24.2 Å². The second-order valence-electron chi connectivity index (χ2n) is 13.9. The summed E-state index contributed by atoms with van der Waals surface area (Å²) in [6.07, 6.45) is 0.930. The maximum absolute atomic E-state index is 12.9. The Morgan fingerprint density at radius 1 is 0.892 bits per heavy atom. The van der Waals surface area contributed by atoms with Crippen LogP contribution in [0.3, 0.4) is 0 Å². The van der Waals surface area contributed by atoms with E-state index in [1.54, 1.807) is 24.3 Å². The van der Waals surface area contributed by atoms with Gasteiger partial charge in [0.05, 0.1) is 36.0 Å². The fraction of sp³-hybridized carbons (Fsp3) is 0.143. The largest absolute Gasteiger partial charge is 1.00 e. The molecule has 2 amide bonds. The number of aromatic nitrogens is 4. The maximum Gasteiger partial charge on any atom is 1.00 e. The van der Waals surface area contributed by atoms with Gasteiger partial charge in [0, 0.05) is 59.0 Å². The van der Waals surface area contributed by atoms with Crippen LogP contribution < -0.4 is 113 Å². The number of hydrogen-bond acceptors (Lipinski definition) is 15. The number of amides is 2. The Labute approximate surface area is 416 Å². The van der Waals surface area contributed by atoms with E-state index in [1.165, 1.54) is 60.8 Å². The Kier molecular flexibility index (Phi) is 16.7. The number of aromatic amines is 1. The molecule has 0 radical (unpaired) electrons. The number of aromatic carboxylic acids is 1. The number of nitrogens with one attached hydrogen (secondary N) is 6. The van der Waals surface area contributed by atoms with E-state index in [-0.39, 0.29) is 147 Å². The standard InChI is InChI=1S/C42H36N10O10S.2Na/c43-41-51-36-35(38(57)52-41)48-23(19-47-36)18-46-21-3-1-20(2-4-21)37(56)50-30(40(60)61)11-12-33(55)44-13-14-45-42(63)49-22-5-8-26(29(15-22)39(58)59)34-27-9-6-24(53)16-31(27)62-32-17-25(54)7-10-28(32)34;;/h1-10,15-17,19,30,46,53H,11-14,18H2,(H,44,55)(H,50,56)(H,58,59)(H,60,61)(H2,45,49,63)(H3,43,47,51,52,57);;/q;2*+1/p-2. The minimum Gasteiger partial charge on any atom is -0.872 e. The molecule has 0 saturated carbocycles. The molecular weight excluding hydrogens is 883 g/mol. The number of aliphatic carboxylic acids is 1. The fourth-order valence-electron chi connectivity index (χ4n) is 6.55. The van der Waals surface area contributed by atoms with Crippen LogP contribution >= 0.6 is 12.2 Å². The monoisotopic (exact) mass is 916 g/mol. The van der Waals surface area contributed by atoms with Crippen LogP contribution in [0.25, 0.3) is 44.6 Å². The van der Waals surface area contributed by atoms with Crippen LogP contribution in [0.4, 0.5) is 17.3 Å². The molecule has 2 aliphatic rings. The minimum absolute atomic E-state index is 0. The number of nitrogens with two attached hydrogens (primary N) is 1. The third-order valence-electron chi connectivity index (χ3n) is 9.53. The zero-order valence-corrected chi connectivity index (χ0v) is 39.5. The number of hydrogen-bond donors (Lipinski definition) is 8. The Morgan fingerprint density at radius 3 is 2.35 bits per heavy atom. The number of H-pyrrole nitrogens is 1. The van der Waals surface area contributed by atoms with Crippen molar-refractivity contribution in [3.8, 4) is 28.2 Å². The molecule has 23 heteroatoms. The Bertz CT molecular complexity index is 3040. The van der Waals surface area contributed by atoms with E-state index >= 15 is 0 Å². The number of thiocarbonyl (C=S) groups is 1. The molecule has 1 aliphatic heterocycles. The number of carbonyl (C=O) groups is 4. The van der Waals surface area contributed by atoms with Crippen LogP contribution in [-0.4, -0.2) is 73.0 Å². The normalized spacial score (nSPS) is 11.1. The van der Waals surface area contributed by atoms with Gasteiger partial charge in [0.25, 0.3) is 11.5 Å². The first kappa shape index (κ1) is 49.6. The average Bonchev–Trinajstić information content (AvgIpc) is 3.25. The van der Waals surface area contributed by atoms with Crippen LogP contribution in [-0.2, 0) is 16.1 Å². The SMILES string of the molecule is Nc1nc2ncc(CNc3ccc(C(=O)NC(CCC(=O)NCCNC(=S)Nc4ccc(-c5c6ccc(=O)cc-6oc6cc([O-])ccc56)c(C(=O)O)c4)C(=O)[O-])cc3)nc2c(=O)[nH]1.[Na+].[Na+]. The number of rotatable bonds is 15. The molecule has 3 heterocycles. The molecular formula is C42H34N10Na2O10S. The number of carboxylic acid groups (broad SMARTS) is 2. The summed E-state index contributed by atoms with van der Waals surface area (Å²) >= 11 is 5.37. The summed E-state index contributed by atoms with van der Waals surface area (Å²) in [5.74, 6) is -4.24. The number of carbonyl (C=O) groups excluding carboxylic acids is 3. The first-order valence-corrected chi connectivity index (χ1v) is 19.4. The third kappa shape index (κ3) is 12.2. The summed E-state index contributed by atoms with van der Waals surface area (Å²) in [5, 5.41) is 48.6. The van der Waals surface area contributed by atoms with Crippen molar-refractivity contribution in [2.24, 2.45) is 0 Å². The Morgan fingerprint density at radius 2 is 1.62 bits per heavy atom. The van der Waals surface area contributed by atoms with Gasteiger partial charge in [-0.05, 0) is 78.8 Å².